The number of nitrogens with one attached hydrogen (secondary N) is 1. The summed E-state index contributed by atoms with van der Waals surface area (Å²) in [5, 5.41) is 17.3. The van der Waals surface area contributed by atoms with Gasteiger partial charge in [0.05, 0.1) is 53.8 Å². The molecule has 0 amide bonds. The van der Waals surface area contributed by atoms with Gasteiger partial charge in [-0.05, 0) is 43.9 Å². The molecule has 1 unspecified atom stereocenters. The Bertz CT molecular complexity index is 1840. The van der Waals surface area contributed by atoms with Crippen molar-refractivity contribution in [3.05, 3.63) is 66.4 Å². The number of β-amino-alcohol motifs (C(OH)–C–C–N with tert-alkyl or cyclic N) is 1. The highest BCUT2D eigenvalue weighted by atomic mass is 32.2. The monoisotopic (exact) mass is 627 g/mol. The third-order valence-electron chi connectivity index (χ3n) is 7.98. The third kappa shape index (κ3) is 6.60. The number of rotatable bonds is 7. The smallest absolute Gasteiger partial charge is 0.256 e. The van der Waals surface area contributed by atoms with Crippen LogP contribution in [0.4, 0.5) is 23.1 Å². The number of piperidine rings is 1. The molecule has 1 atom stereocenters. The molecule has 45 heavy (non-hydrogen) atoms. The summed E-state index contributed by atoms with van der Waals surface area (Å²) in [6.07, 6.45) is 10.5. The highest BCUT2D eigenvalue weighted by Gasteiger charge is 2.37. The first-order valence-corrected chi connectivity index (χ1v) is 16.6. The maximum atomic E-state index is 12.6. The lowest BCUT2D eigenvalue weighted by Gasteiger charge is -2.32. The van der Waals surface area contributed by atoms with Crippen LogP contribution in [0.1, 0.15) is 36.8 Å². The zero-order valence-electron chi connectivity index (χ0n) is 24.6. The van der Waals surface area contributed by atoms with Gasteiger partial charge < -0.3 is 25.0 Å². The molecule has 0 spiro atoms. The van der Waals surface area contributed by atoms with Gasteiger partial charge in [0.15, 0.2) is 5.82 Å². The van der Waals surface area contributed by atoms with E-state index in [2.05, 4.69) is 52.0 Å². The fraction of sp³-hybridized carbons (Fsp3) is 0.387. The van der Waals surface area contributed by atoms with E-state index in [0.29, 0.717) is 55.6 Å². The normalized spacial score (nSPS) is 18.7. The van der Waals surface area contributed by atoms with Gasteiger partial charge in [-0.3, -0.25) is 0 Å². The van der Waals surface area contributed by atoms with Crippen molar-refractivity contribution in [3.8, 4) is 23.2 Å². The number of hydrogen-bond donors (Lipinski definition) is 2. The molecule has 0 aromatic carbocycles. The van der Waals surface area contributed by atoms with Crippen molar-refractivity contribution in [2.75, 3.05) is 54.5 Å². The van der Waals surface area contributed by atoms with Gasteiger partial charge >= 0.3 is 0 Å². The Kier molecular flexibility index (Phi) is 8.05. The van der Waals surface area contributed by atoms with Crippen molar-refractivity contribution in [3.63, 3.8) is 0 Å². The summed E-state index contributed by atoms with van der Waals surface area (Å²) in [4.78, 5) is 22.4. The van der Waals surface area contributed by atoms with Crippen molar-refractivity contribution in [1.82, 2.24) is 29.1 Å². The molecule has 2 saturated heterocycles. The second-order valence-electron chi connectivity index (χ2n) is 11.3. The van der Waals surface area contributed by atoms with Crippen molar-refractivity contribution < 1.29 is 18.3 Å². The van der Waals surface area contributed by atoms with Gasteiger partial charge in [0, 0.05) is 56.4 Å². The van der Waals surface area contributed by atoms with Gasteiger partial charge in [0.25, 0.3) is 10.0 Å². The van der Waals surface area contributed by atoms with Crippen LogP contribution in [0, 0.1) is 11.8 Å². The van der Waals surface area contributed by atoms with Gasteiger partial charge in [-0.1, -0.05) is 11.8 Å². The quantitative estimate of drug-likeness (QED) is 0.290. The Labute approximate surface area is 261 Å². The van der Waals surface area contributed by atoms with Crippen LogP contribution in [-0.2, 0) is 14.8 Å². The summed E-state index contributed by atoms with van der Waals surface area (Å²) >= 11 is 0. The van der Waals surface area contributed by atoms with E-state index in [0.717, 1.165) is 59.2 Å². The molecule has 2 aliphatic heterocycles. The van der Waals surface area contributed by atoms with Crippen LogP contribution in [0.5, 0.6) is 0 Å². The topological polar surface area (TPSA) is 151 Å². The van der Waals surface area contributed by atoms with E-state index in [1.165, 1.54) is 12.4 Å². The number of ether oxygens (including phenoxy) is 1. The first kappa shape index (κ1) is 29.1. The second kappa shape index (κ2) is 12.4. The van der Waals surface area contributed by atoms with Crippen LogP contribution in [-0.4, -0.2) is 93.4 Å². The standard InChI is InChI=1S/C31H33N9O4S/c41-25-2-1-11-39(21-25)27-16-29(33-18-23(27)5-3-22-4-8-30(34-17-22)38-12-14-44-15-13-38)36-28-9-10-32-31(37-28)24-19-35-40(20-24)45(42,43)26-6-7-26/h4,8-10,16-20,25-26,41H,1-2,6-7,11-15,21H2,(H,32,33,36,37). The van der Waals surface area contributed by atoms with Crippen LogP contribution in [0.3, 0.4) is 0 Å². The number of pyridine rings is 2. The molecule has 0 bridgehead atoms. The summed E-state index contributed by atoms with van der Waals surface area (Å²) in [6, 6.07) is 7.57. The molecule has 3 aliphatic rings. The summed E-state index contributed by atoms with van der Waals surface area (Å²) in [5.74, 6) is 8.77. The SMILES string of the molecule is O=S(=O)(C1CC1)n1cc(-c2nccc(Nc3cc(N4CCCC(O)C4)c(C#Cc4ccc(N5CCOCC5)nc4)cn3)n2)cn1. The molecule has 0 radical (unpaired) electrons. The van der Waals surface area contributed by atoms with Gasteiger partial charge in [0.2, 0.25) is 0 Å². The Balaban J connectivity index is 1.12. The molecule has 4 aromatic heterocycles. The third-order valence-corrected chi connectivity index (χ3v) is 10.0. The Hall–Kier alpha value is -4.58. The minimum atomic E-state index is -3.48. The predicted molar refractivity (Wildman–Crippen MR) is 169 cm³/mol. The molecule has 4 aromatic rings. The summed E-state index contributed by atoms with van der Waals surface area (Å²) in [7, 11) is -3.48. The lowest BCUT2D eigenvalue weighted by atomic mass is 10.1. The summed E-state index contributed by atoms with van der Waals surface area (Å²) in [5.41, 5.74) is 2.88. The number of hydrogen-bond acceptors (Lipinski definition) is 12. The second-order valence-corrected chi connectivity index (χ2v) is 13.4. The van der Waals surface area contributed by atoms with Crippen molar-refractivity contribution in [1.29, 1.82) is 0 Å². The summed E-state index contributed by atoms with van der Waals surface area (Å²) < 4.78 is 31.6. The number of aromatic nitrogens is 6. The fourth-order valence-electron chi connectivity index (χ4n) is 5.40. The lowest BCUT2D eigenvalue weighted by Crippen LogP contribution is -2.38. The molecule has 13 nitrogen and oxygen atoms in total. The average Bonchev–Trinajstić information content (AvgIpc) is 3.82. The minimum Gasteiger partial charge on any atom is -0.391 e. The highest BCUT2D eigenvalue weighted by Crippen LogP contribution is 2.31. The number of nitrogens with zero attached hydrogens (tertiary/aromatic N) is 8. The van der Waals surface area contributed by atoms with Crippen molar-refractivity contribution in [2.24, 2.45) is 0 Å². The van der Waals surface area contributed by atoms with Crippen LogP contribution >= 0.6 is 0 Å². The highest BCUT2D eigenvalue weighted by molar-refractivity contribution is 7.90. The largest absolute Gasteiger partial charge is 0.391 e. The summed E-state index contributed by atoms with van der Waals surface area (Å²) in [6.45, 7) is 4.33. The van der Waals surface area contributed by atoms with E-state index in [1.54, 1.807) is 24.7 Å². The zero-order valence-corrected chi connectivity index (χ0v) is 25.4. The number of aliphatic hydroxyl groups is 1. The van der Waals surface area contributed by atoms with Crippen LogP contribution in [0.15, 0.2) is 55.2 Å². The molecule has 1 saturated carbocycles. The minimum absolute atomic E-state index is 0.340. The lowest BCUT2D eigenvalue weighted by molar-refractivity contribution is 0.122. The maximum Gasteiger partial charge on any atom is 0.256 e. The number of morpholine rings is 1. The first-order valence-electron chi connectivity index (χ1n) is 15.1. The zero-order chi connectivity index (χ0) is 30.8. The van der Waals surface area contributed by atoms with E-state index in [9.17, 15) is 13.5 Å². The number of anilines is 4. The molecular formula is C31H33N9O4S. The Morgan fingerprint density at radius 3 is 2.58 bits per heavy atom. The van der Waals surface area contributed by atoms with Gasteiger partial charge in [0.1, 0.15) is 17.5 Å². The molecule has 3 fully saturated rings. The Morgan fingerprint density at radius 2 is 1.80 bits per heavy atom. The van der Waals surface area contributed by atoms with Gasteiger partial charge in [-0.15, -0.1) is 0 Å². The molecule has 6 heterocycles. The van der Waals surface area contributed by atoms with Crippen molar-refractivity contribution in [2.45, 2.75) is 37.0 Å². The average molecular weight is 628 g/mol. The van der Waals surface area contributed by atoms with E-state index in [4.69, 9.17) is 4.74 Å². The van der Waals surface area contributed by atoms with Gasteiger partial charge in [-0.2, -0.15) is 9.19 Å². The number of aliphatic hydroxyl groups excluding tert-OH is 1. The van der Waals surface area contributed by atoms with Crippen molar-refractivity contribution >= 4 is 33.2 Å². The van der Waals surface area contributed by atoms with Crippen LogP contribution < -0.4 is 15.1 Å². The maximum absolute atomic E-state index is 12.6. The van der Waals surface area contributed by atoms with Crippen LogP contribution in [0.25, 0.3) is 11.4 Å². The fourth-order valence-corrected chi connectivity index (χ4v) is 6.88. The van der Waals surface area contributed by atoms with E-state index < -0.39 is 16.1 Å². The molecule has 7 rings (SSSR count). The van der Waals surface area contributed by atoms with Crippen LogP contribution in [0.2, 0.25) is 0 Å². The Morgan fingerprint density at radius 1 is 0.933 bits per heavy atom. The molecular weight excluding hydrogens is 594 g/mol. The molecule has 14 heteroatoms. The van der Waals surface area contributed by atoms with E-state index in [1.807, 2.05) is 18.2 Å². The van der Waals surface area contributed by atoms with Gasteiger partial charge in [-0.25, -0.2) is 28.4 Å². The van der Waals surface area contributed by atoms with E-state index in [-0.39, 0.29) is 5.25 Å². The molecule has 1 aliphatic carbocycles. The first-order chi connectivity index (χ1) is 21.9. The molecule has 2 N–H and O–H groups in total. The predicted octanol–water partition coefficient (Wildman–Crippen LogP) is 2.41. The molecule has 232 valence electrons. The van der Waals surface area contributed by atoms with E-state index >= 15 is 0 Å².